The van der Waals surface area contributed by atoms with Crippen LogP contribution in [0, 0.1) is 10.8 Å². The molecule has 1 saturated carbocycles. The van der Waals surface area contributed by atoms with Crippen LogP contribution in [0.1, 0.15) is 80.3 Å². The molecule has 1 fully saturated rings. The fraction of sp³-hybridized carbons (Fsp3) is 0.280. The molecule has 0 radical (unpaired) electrons. The van der Waals surface area contributed by atoms with Crippen molar-refractivity contribution in [2.24, 2.45) is 10.8 Å². The lowest BCUT2D eigenvalue weighted by Crippen LogP contribution is -2.44. The van der Waals surface area contributed by atoms with Crippen LogP contribution in [0.25, 0.3) is 39.1 Å². The number of phenolic OH excluding ortho intramolecular Hbond substituents is 1. The summed E-state index contributed by atoms with van der Waals surface area (Å²) in [5.74, 6) is 2.56. The minimum Gasteiger partial charge on any atom is -0.508 e. The zero-order valence-corrected chi connectivity index (χ0v) is 32.5. The number of benzene rings is 6. The van der Waals surface area contributed by atoms with Crippen molar-refractivity contribution in [3.8, 4) is 45.3 Å². The number of fused-ring (bicyclic) bond motifs is 10. The van der Waals surface area contributed by atoms with Crippen molar-refractivity contribution in [2.45, 2.75) is 64.6 Å². The zero-order valence-electron chi connectivity index (χ0n) is 32.5. The summed E-state index contributed by atoms with van der Waals surface area (Å²) >= 11 is 0. The number of methoxy groups -OCH3 is 2. The molecule has 6 aromatic carbocycles. The number of ether oxygens (including phenoxy) is 3. The van der Waals surface area contributed by atoms with Gasteiger partial charge in [-0.1, -0.05) is 94.4 Å². The standard InChI is InChI=1S/C50H48O5/c1-47(2)28-48(3,4)30-49(29-47)43-10-8-7-9-38(43)44-41-25-32(27-51)40(31-11-17-35(52)18-12-31)26-42(41)46-39(45(44)49)23-24-50(55-46,33-13-19-36(53-5)20-14-33)34-15-21-37(54-6)22-16-34/h7-26,51-52H,27-30H2,1-6H3. The Labute approximate surface area is 323 Å². The first-order valence-corrected chi connectivity index (χ1v) is 19.3. The summed E-state index contributed by atoms with van der Waals surface area (Å²) in [6, 6.07) is 36.9. The lowest BCUT2D eigenvalue weighted by molar-refractivity contribution is 0.0642. The average molecular weight is 729 g/mol. The second kappa shape index (κ2) is 12.5. The van der Waals surface area contributed by atoms with Gasteiger partial charge in [0, 0.05) is 27.5 Å². The molecule has 0 unspecified atom stereocenters. The first kappa shape index (κ1) is 35.2. The van der Waals surface area contributed by atoms with E-state index in [1.807, 2.05) is 36.4 Å². The Hall–Kier alpha value is -5.52. The molecule has 5 heteroatoms. The highest BCUT2D eigenvalue weighted by Crippen LogP contribution is 2.67. The van der Waals surface area contributed by atoms with Crippen LogP contribution >= 0.6 is 0 Å². The van der Waals surface area contributed by atoms with Crippen LogP contribution in [0.2, 0.25) is 0 Å². The van der Waals surface area contributed by atoms with E-state index in [0.29, 0.717) is 0 Å². The van der Waals surface area contributed by atoms with Crippen molar-refractivity contribution < 1.29 is 24.4 Å². The van der Waals surface area contributed by atoms with E-state index in [2.05, 4.69) is 101 Å². The first-order valence-electron chi connectivity index (χ1n) is 19.3. The smallest absolute Gasteiger partial charge is 0.178 e. The van der Waals surface area contributed by atoms with Crippen molar-refractivity contribution in [3.63, 3.8) is 0 Å². The average Bonchev–Trinajstić information content (AvgIpc) is 3.44. The maximum absolute atomic E-state index is 11.0. The third kappa shape index (κ3) is 5.46. The number of aliphatic hydroxyl groups is 1. The molecule has 0 bridgehead atoms. The van der Waals surface area contributed by atoms with Crippen molar-refractivity contribution in [1.29, 1.82) is 0 Å². The number of aliphatic hydroxyl groups excluding tert-OH is 1. The van der Waals surface area contributed by atoms with Crippen molar-refractivity contribution in [2.75, 3.05) is 14.2 Å². The summed E-state index contributed by atoms with van der Waals surface area (Å²) in [6.45, 7) is 9.60. The van der Waals surface area contributed by atoms with E-state index in [9.17, 15) is 10.2 Å². The number of aromatic hydroxyl groups is 1. The van der Waals surface area contributed by atoms with Crippen LogP contribution in [-0.2, 0) is 17.6 Å². The molecule has 5 nitrogen and oxygen atoms in total. The second-order valence-corrected chi connectivity index (χ2v) is 17.4. The first-order chi connectivity index (χ1) is 26.4. The number of rotatable bonds is 6. The topological polar surface area (TPSA) is 68.2 Å². The monoisotopic (exact) mass is 728 g/mol. The van der Waals surface area contributed by atoms with Crippen LogP contribution in [0.15, 0.2) is 115 Å². The molecule has 9 rings (SSSR count). The van der Waals surface area contributed by atoms with Gasteiger partial charge in [-0.05, 0) is 129 Å². The van der Waals surface area contributed by atoms with E-state index in [1.165, 1.54) is 22.3 Å². The molecule has 0 aromatic heterocycles. The summed E-state index contributed by atoms with van der Waals surface area (Å²) in [5, 5.41) is 23.3. The highest BCUT2D eigenvalue weighted by atomic mass is 16.5. The van der Waals surface area contributed by atoms with Crippen LogP contribution in [0.5, 0.6) is 23.0 Å². The second-order valence-electron chi connectivity index (χ2n) is 17.4. The van der Waals surface area contributed by atoms with Gasteiger partial charge in [0.2, 0.25) is 0 Å². The van der Waals surface area contributed by atoms with E-state index in [-0.39, 0.29) is 28.6 Å². The maximum atomic E-state index is 11.0. The summed E-state index contributed by atoms with van der Waals surface area (Å²) in [4.78, 5) is 0. The van der Waals surface area contributed by atoms with Gasteiger partial charge in [0.25, 0.3) is 0 Å². The van der Waals surface area contributed by atoms with Gasteiger partial charge in [-0.15, -0.1) is 0 Å². The van der Waals surface area contributed by atoms with Gasteiger partial charge in [-0.3, -0.25) is 0 Å². The molecule has 6 aromatic rings. The molecular weight excluding hydrogens is 681 g/mol. The third-order valence-corrected chi connectivity index (χ3v) is 12.4. The van der Waals surface area contributed by atoms with E-state index in [0.717, 1.165) is 80.7 Å². The summed E-state index contributed by atoms with van der Waals surface area (Å²) in [7, 11) is 3.37. The summed E-state index contributed by atoms with van der Waals surface area (Å²) < 4.78 is 18.9. The molecular formula is C50H48O5. The molecule has 0 atom stereocenters. The van der Waals surface area contributed by atoms with Crippen LogP contribution in [-0.4, -0.2) is 24.4 Å². The third-order valence-electron chi connectivity index (χ3n) is 12.4. The molecule has 3 aliphatic rings. The fourth-order valence-corrected chi connectivity index (χ4v) is 10.9. The van der Waals surface area contributed by atoms with Gasteiger partial charge >= 0.3 is 0 Å². The highest BCUT2D eigenvalue weighted by Gasteiger charge is 2.55. The Kier molecular flexibility index (Phi) is 8.00. The van der Waals surface area contributed by atoms with Gasteiger partial charge in [0.1, 0.15) is 23.0 Å². The molecule has 1 heterocycles. The van der Waals surface area contributed by atoms with Crippen LogP contribution in [0.3, 0.4) is 0 Å². The highest BCUT2D eigenvalue weighted by molar-refractivity contribution is 6.10. The maximum Gasteiger partial charge on any atom is 0.178 e. The molecule has 2 aliphatic carbocycles. The van der Waals surface area contributed by atoms with Gasteiger partial charge in [-0.2, -0.15) is 0 Å². The van der Waals surface area contributed by atoms with E-state index < -0.39 is 5.60 Å². The fourth-order valence-electron chi connectivity index (χ4n) is 10.9. The van der Waals surface area contributed by atoms with Gasteiger partial charge < -0.3 is 24.4 Å². The minimum atomic E-state index is -0.981. The molecule has 1 spiro atoms. The zero-order chi connectivity index (χ0) is 38.3. The lowest BCUT2D eigenvalue weighted by Gasteiger charge is -2.52. The van der Waals surface area contributed by atoms with Crippen LogP contribution in [0.4, 0.5) is 0 Å². The Morgan fingerprint density at radius 2 is 1.27 bits per heavy atom. The van der Waals surface area contributed by atoms with Crippen molar-refractivity contribution >= 4 is 16.8 Å². The molecule has 2 N–H and O–H groups in total. The lowest BCUT2D eigenvalue weighted by atomic mass is 9.52. The SMILES string of the molecule is COc1ccc(C2(c3ccc(OC)cc3)C=Cc3c4c(c5cc(CO)c(-c6ccc(O)cc6)cc5c3O2)-c2ccccc2C42CC(C)(C)CC(C)(C)C2)cc1. The molecule has 0 saturated heterocycles. The van der Waals surface area contributed by atoms with Crippen molar-refractivity contribution in [1.82, 2.24) is 0 Å². The van der Waals surface area contributed by atoms with E-state index in [4.69, 9.17) is 14.2 Å². The predicted molar refractivity (Wildman–Crippen MR) is 221 cm³/mol. The number of hydrogen-bond donors (Lipinski definition) is 2. The summed E-state index contributed by atoms with van der Waals surface area (Å²) in [6.07, 6.45) is 7.74. The Bertz CT molecular complexity index is 2420. The molecule has 1 aliphatic heterocycles. The Morgan fingerprint density at radius 1 is 0.673 bits per heavy atom. The Morgan fingerprint density at radius 3 is 1.85 bits per heavy atom. The summed E-state index contributed by atoms with van der Waals surface area (Å²) in [5.41, 5.74) is 9.83. The predicted octanol–water partition coefficient (Wildman–Crippen LogP) is 11.6. The normalized spacial score (nSPS) is 17.9. The van der Waals surface area contributed by atoms with Crippen LogP contribution < -0.4 is 14.2 Å². The minimum absolute atomic E-state index is 0.0898. The van der Waals surface area contributed by atoms with Gasteiger partial charge in [-0.25, -0.2) is 0 Å². The molecule has 55 heavy (non-hydrogen) atoms. The molecule has 0 amide bonds. The van der Waals surface area contributed by atoms with Gasteiger partial charge in [0.15, 0.2) is 5.60 Å². The van der Waals surface area contributed by atoms with E-state index >= 15 is 0 Å². The number of hydrogen-bond acceptors (Lipinski definition) is 5. The molecule has 278 valence electrons. The number of phenols is 1. The van der Waals surface area contributed by atoms with E-state index in [1.54, 1.807) is 26.4 Å². The van der Waals surface area contributed by atoms with Gasteiger partial charge in [0.05, 0.1) is 20.8 Å². The van der Waals surface area contributed by atoms with Crippen molar-refractivity contribution in [3.05, 3.63) is 149 Å². The largest absolute Gasteiger partial charge is 0.508 e. The quantitative estimate of drug-likeness (QED) is 0.179. The Balaban J connectivity index is 1.41.